The van der Waals surface area contributed by atoms with Gasteiger partial charge in [0.15, 0.2) is 0 Å². The molecule has 3 nitrogen and oxygen atoms in total. The molecule has 0 unspecified atom stereocenters. The molecule has 0 aromatic heterocycles. The topological polar surface area (TPSA) is 32.3 Å². The van der Waals surface area contributed by atoms with Crippen molar-refractivity contribution in [1.82, 2.24) is 10.2 Å². The van der Waals surface area contributed by atoms with Gasteiger partial charge >= 0.3 is 0 Å². The van der Waals surface area contributed by atoms with E-state index in [1.807, 2.05) is 26.0 Å². The molecule has 1 aromatic carbocycles. The molecular weight excluding hydrogens is 271 g/mol. The zero-order valence-corrected chi connectivity index (χ0v) is 12.3. The predicted octanol–water partition coefficient (Wildman–Crippen LogP) is 2.95. The van der Waals surface area contributed by atoms with Gasteiger partial charge in [-0.3, -0.25) is 4.79 Å². The molecule has 1 amide bonds. The van der Waals surface area contributed by atoms with E-state index in [0.717, 1.165) is 5.56 Å². The molecule has 0 aliphatic carbocycles. The van der Waals surface area contributed by atoms with Crippen LogP contribution in [0.4, 0.5) is 0 Å². The average molecular weight is 289 g/mol. The van der Waals surface area contributed by atoms with Crippen LogP contribution in [0.5, 0.6) is 0 Å². The first-order chi connectivity index (χ1) is 8.38. The number of carbonyl (C=O) groups excluding carboxylic acids is 1. The molecule has 100 valence electrons. The van der Waals surface area contributed by atoms with Gasteiger partial charge in [0, 0.05) is 29.7 Å². The highest BCUT2D eigenvalue weighted by molar-refractivity contribution is 6.34. The lowest BCUT2D eigenvalue weighted by atomic mass is 10.2. The van der Waals surface area contributed by atoms with Crippen LogP contribution in [-0.2, 0) is 11.3 Å². The number of hydrogen-bond acceptors (Lipinski definition) is 2. The number of benzene rings is 1. The predicted molar refractivity (Wildman–Crippen MR) is 76.1 cm³/mol. The lowest BCUT2D eigenvalue weighted by Gasteiger charge is -2.18. The summed E-state index contributed by atoms with van der Waals surface area (Å²) < 4.78 is 0. The van der Waals surface area contributed by atoms with Crippen molar-refractivity contribution in [2.24, 2.45) is 0 Å². The van der Waals surface area contributed by atoms with Crippen molar-refractivity contribution in [3.05, 3.63) is 33.8 Å². The van der Waals surface area contributed by atoms with E-state index < -0.39 is 0 Å². The fourth-order valence-corrected chi connectivity index (χ4v) is 2.06. The summed E-state index contributed by atoms with van der Waals surface area (Å²) in [6.07, 6.45) is 0. The molecule has 0 aliphatic heterocycles. The summed E-state index contributed by atoms with van der Waals surface area (Å²) in [7, 11) is 1.76. The maximum absolute atomic E-state index is 11.8. The Morgan fingerprint density at radius 3 is 2.33 bits per heavy atom. The first-order valence-electron chi connectivity index (χ1n) is 5.81. The zero-order valence-electron chi connectivity index (χ0n) is 10.8. The Bertz CT molecular complexity index is 401. The van der Waals surface area contributed by atoms with Gasteiger partial charge in [0.2, 0.25) is 5.91 Å². The van der Waals surface area contributed by atoms with Gasteiger partial charge < -0.3 is 10.2 Å². The van der Waals surface area contributed by atoms with E-state index in [2.05, 4.69) is 5.32 Å². The van der Waals surface area contributed by atoms with E-state index in [4.69, 9.17) is 23.2 Å². The average Bonchev–Trinajstić information content (AvgIpc) is 2.24. The molecule has 0 saturated heterocycles. The number of nitrogens with one attached hydrogen (secondary N) is 1. The van der Waals surface area contributed by atoms with E-state index in [9.17, 15) is 4.79 Å². The van der Waals surface area contributed by atoms with Crippen molar-refractivity contribution in [2.45, 2.75) is 26.4 Å². The number of nitrogens with zero attached hydrogens (tertiary/aromatic N) is 1. The molecular formula is C13H18Cl2N2O. The zero-order chi connectivity index (χ0) is 13.7. The second-order valence-electron chi connectivity index (χ2n) is 4.56. The molecule has 0 aliphatic rings. The lowest BCUT2D eigenvalue weighted by molar-refractivity contribution is -0.129. The number of hydrogen-bond donors (Lipinski definition) is 1. The van der Waals surface area contributed by atoms with Crippen LogP contribution in [0.1, 0.15) is 19.4 Å². The van der Waals surface area contributed by atoms with Crippen molar-refractivity contribution >= 4 is 29.1 Å². The smallest absolute Gasteiger partial charge is 0.236 e. The summed E-state index contributed by atoms with van der Waals surface area (Å²) in [4.78, 5) is 13.5. The highest BCUT2D eigenvalue weighted by Gasteiger charge is 2.10. The van der Waals surface area contributed by atoms with Crippen molar-refractivity contribution in [1.29, 1.82) is 0 Å². The standard InChI is InChI=1S/C13H18Cl2N2O/c1-9(2)16-7-13(18)17(3)8-10-4-11(14)6-12(15)5-10/h4-6,9,16H,7-8H2,1-3H3. The first-order valence-corrected chi connectivity index (χ1v) is 6.56. The van der Waals surface area contributed by atoms with Crippen LogP contribution >= 0.6 is 23.2 Å². The lowest BCUT2D eigenvalue weighted by Crippen LogP contribution is -2.37. The van der Waals surface area contributed by atoms with Crippen molar-refractivity contribution in [2.75, 3.05) is 13.6 Å². The Hall–Kier alpha value is -0.770. The molecule has 1 N–H and O–H groups in total. The van der Waals surface area contributed by atoms with Crippen LogP contribution in [0.3, 0.4) is 0 Å². The van der Waals surface area contributed by atoms with E-state index >= 15 is 0 Å². The molecule has 0 fully saturated rings. The molecule has 5 heteroatoms. The van der Waals surface area contributed by atoms with Gasteiger partial charge in [0.05, 0.1) is 6.54 Å². The van der Waals surface area contributed by atoms with E-state index in [-0.39, 0.29) is 5.91 Å². The van der Waals surface area contributed by atoms with Gasteiger partial charge in [-0.15, -0.1) is 0 Å². The minimum atomic E-state index is 0.0415. The third-order valence-corrected chi connectivity index (χ3v) is 2.87. The number of rotatable bonds is 5. The fourth-order valence-electron chi connectivity index (χ4n) is 1.49. The highest BCUT2D eigenvalue weighted by atomic mass is 35.5. The second-order valence-corrected chi connectivity index (χ2v) is 5.44. The van der Waals surface area contributed by atoms with Crippen LogP contribution in [0.15, 0.2) is 18.2 Å². The molecule has 1 aromatic rings. The quantitative estimate of drug-likeness (QED) is 0.904. The van der Waals surface area contributed by atoms with Gasteiger partial charge in [0.25, 0.3) is 0 Å². The molecule has 1 rings (SSSR count). The number of amides is 1. The maximum Gasteiger partial charge on any atom is 0.236 e. The highest BCUT2D eigenvalue weighted by Crippen LogP contribution is 2.19. The van der Waals surface area contributed by atoms with E-state index in [1.54, 1.807) is 18.0 Å². The van der Waals surface area contributed by atoms with Crippen molar-refractivity contribution in [3.63, 3.8) is 0 Å². The maximum atomic E-state index is 11.8. The Balaban J connectivity index is 2.58. The molecule has 0 atom stereocenters. The summed E-state index contributed by atoms with van der Waals surface area (Å²) in [6, 6.07) is 5.59. The van der Waals surface area contributed by atoms with Crippen molar-refractivity contribution < 1.29 is 4.79 Å². The summed E-state index contributed by atoms with van der Waals surface area (Å²) >= 11 is 11.8. The molecule has 0 radical (unpaired) electrons. The largest absolute Gasteiger partial charge is 0.340 e. The summed E-state index contributed by atoms with van der Waals surface area (Å²) in [6.45, 7) is 4.84. The van der Waals surface area contributed by atoms with Gasteiger partial charge in [-0.2, -0.15) is 0 Å². The SMILES string of the molecule is CC(C)NCC(=O)N(C)Cc1cc(Cl)cc(Cl)c1. The van der Waals surface area contributed by atoms with E-state index in [1.165, 1.54) is 0 Å². The number of halogens is 2. The van der Waals surface area contributed by atoms with Crippen LogP contribution in [0.25, 0.3) is 0 Å². The second kappa shape index (κ2) is 6.98. The number of carbonyl (C=O) groups is 1. The van der Waals surface area contributed by atoms with Gasteiger partial charge in [-0.05, 0) is 23.8 Å². The molecule has 0 saturated carbocycles. The van der Waals surface area contributed by atoms with Crippen LogP contribution < -0.4 is 5.32 Å². The van der Waals surface area contributed by atoms with Crippen LogP contribution in [-0.4, -0.2) is 30.4 Å². The molecule has 0 bridgehead atoms. The summed E-state index contributed by atoms with van der Waals surface area (Å²) in [5.74, 6) is 0.0415. The van der Waals surface area contributed by atoms with Gasteiger partial charge in [0.1, 0.15) is 0 Å². The van der Waals surface area contributed by atoms with Crippen LogP contribution in [0.2, 0.25) is 10.0 Å². The molecule has 18 heavy (non-hydrogen) atoms. The minimum Gasteiger partial charge on any atom is -0.340 e. The Labute approximate surface area is 118 Å². The third kappa shape index (κ3) is 5.25. The molecule has 0 heterocycles. The Morgan fingerprint density at radius 2 is 1.83 bits per heavy atom. The van der Waals surface area contributed by atoms with Gasteiger partial charge in [-0.25, -0.2) is 0 Å². The minimum absolute atomic E-state index is 0.0415. The van der Waals surface area contributed by atoms with Gasteiger partial charge in [-0.1, -0.05) is 37.0 Å². The Morgan fingerprint density at radius 1 is 1.28 bits per heavy atom. The normalized spacial score (nSPS) is 10.8. The molecule has 0 spiro atoms. The Kier molecular flexibility index (Phi) is 5.93. The monoisotopic (exact) mass is 288 g/mol. The first kappa shape index (κ1) is 15.3. The third-order valence-electron chi connectivity index (χ3n) is 2.43. The van der Waals surface area contributed by atoms with Crippen LogP contribution in [0, 0.1) is 0 Å². The fraction of sp³-hybridized carbons (Fsp3) is 0.462. The van der Waals surface area contributed by atoms with E-state index in [0.29, 0.717) is 29.2 Å². The van der Waals surface area contributed by atoms with Crippen molar-refractivity contribution in [3.8, 4) is 0 Å². The summed E-state index contributed by atoms with van der Waals surface area (Å²) in [5.41, 5.74) is 0.924. The number of likely N-dealkylation sites (N-methyl/N-ethyl adjacent to an activating group) is 1. The summed E-state index contributed by atoms with van der Waals surface area (Å²) in [5, 5.41) is 4.26.